The van der Waals surface area contributed by atoms with Crippen LogP contribution < -0.4 is 5.32 Å². The van der Waals surface area contributed by atoms with E-state index in [1.165, 1.54) is 23.3 Å². The molecule has 96 valence electrons. The maximum absolute atomic E-state index is 5.84. The second kappa shape index (κ2) is 6.21. The molecule has 0 saturated carbocycles. The maximum atomic E-state index is 5.84. The molecule has 0 aliphatic rings. The van der Waals surface area contributed by atoms with Crippen molar-refractivity contribution in [3.8, 4) is 0 Å². The van der Waals surface area contributed by atoms with E-state index in [2.05, 4.69) is 48.4 Å². The van der Waals surface area contributed by atoms with Gasteiger partial charge in [0.15, 0.2) is 0 Å². The van der Waals surface area contributed by atoms with E-state index < -0.39 is 0 Å². The van der Waals surface area contributed by atoms with Crippen molar-refractivity contribution in [3.05, 3.63) is 45.4 Å². The quantitative estimate of drug-likeness (QED) is 0.841. The molecule has 2 nitrogen and oxygen atoms in total. The van der Waals surface area contributed by atoms with Crippen LogP contribution in [0.25, 0.3) is 0 Å². The Labute approximate surface area is 117 Å². The second-order valence-corrected chi connectivity index (χ2v) is 6.09. The van der Waals surface area contributed by atoms with E-state index in [0.717, 1.165) is 21.6 Å². The average molecular weight is 281 g/mol. The second-order valence-electron chi connectivity index (χ2n) is 4.34. The first-order chi connectivity index (χ1) is 8.69. The SMILES string of the molecule is CCC(C)c1ccc(NCc2ncc(Cl)s2)cc1. The number of anilines is 1. The van der Waals surface area contributed by atoms with Crippen LogP contribution in [0.4, 0.5) is 5.69 Å². The molecule has 1 heterocycles. The van der Waals surface area contributed by atoms with Crippen LogP contribution in [0.15, 0.2) is 30.5 Å². The number of thiazole rings is 1. The summed E-state index contributed by atoms with van der Waals surface area (Å²) in [5.41, 5.74) is 2.51. The number of hydrogen-bond donors (Lipinski definition) is 1. The Balaban J connectivity index is 1.94. The fraction of sp³-hybridized carbons (Fsp3) is 0.357. The highest BCUT2D eigenvalue weighted by Gasteiger charge is 2.03. The highest BCUT2D eigenvalue weighted by molar-refractivity contribution is 7.15. The van der Waals surface area contributed by atoms with Gasteiger partial charge in [-0.3, -0.25) is 0 Å². The fourth-order valence-corrected chi connectivity index (χ4v) is 2.61. The van der Waals surface area contributed by atoms with E-state index in [9.17, 15) is 0 Å². The predicted octanol–water partition coefficient (Wildman–Crippen LogP) is 4.92. The third kappa shape index (κ3) is 3.47. The molecule has 0 aliphatic heterocycles. The van der Waals surface area contributed by atoms with Gasteiger partial charge in [-0.15, -0.1) is 11.3 Å². The summed E-state index contributed by atoms with van der Waals surface area (Å²) in [7, 11) is 0. The smallest absolute Gasteiger partial charge is 0.113 e. The van der Waals surface area contributed by atoms with Gasteiger partial charge >= 0.3 is 0 Å². The topological polar surface area (TPSA) is 24.9 Å². The predicted molar refractivity (Wildman–Crippen MR) is 79.6 cm³/mol. The van der Waals surface area contributed by atoms with E-state index in [4.69, 9.17) is 11.6 Å². The van der Waals surface area contributed by atoms with Crippen LogP contribution in [0.5, 0.6) is 0 Å². The monoisotopic (exact) mass is 280 g/mol. The molecule has 1 aromatic carbocycles. The molecule has 1 aromatic heterocycles. The molecule has 0 radical (unpaired) electrons. The Morgan fingerprint density at radius 1 is 1.33 bits per heavy atom. The zero-order valence-electron chi connectivity index (χ0n) is 10.6. The van der Waals surface area contributed by atoms with Crippen LogP contribution in [0.3, 0.4) is 0 Å². The minimum absolute atomic E-state index is 0.622. The van der Waals surface area contributed by atoms with Crippen molar-refractivity contribution < 1.29 is 0 Å². The van der Waals surface area contributed by atoms with Crippen molar-refractivity contribution in [3.63, 3.8) is 0 Å². The summed E-state index contributed by atoms with van der Waals surface area (Å²) in [5.74, 6) is 0.622. The summed E-state index contributed by atoms with van der Waals surface area (Å²) in [6.45, 7) is 5.18. The number of rotatable bonds is 5. The number of nitrogens with one attached hydrogen (secondary N) is 1. The molecule has 1 N–H and O–H groups in total. The van der Waals surface area contributed by atoms with Gasteiger partial charge < -0.3 is 5.32 Å². The molecule has 18 heavy (non-hydrogen) atoms. The Morgan fingerprint density at radius 2 is 2.06 bits per heavy atom. The lowest BCUT2D eigenvalue weighted by atomic mass is 9.99. The van der Waals surface area contributed by atoms with Crippen LogP contribution in [0, 0.1) is 0 Å². The first-order valence-electron chi connectivity index (χ1n) is 6.13. The Morgan fingerprint density at radius 3 is 2.61 bits per heavy atom. The number of aromatic nitrogens is 1. The summed E-state index contributed by atoms with van der Waals surface area (Å²) in [6.07, 6.45) is 2.86. The fourth-order valence-electron chi connectivity index (χ4n) is 1.71. The van der Waals surface area contributed by atoms with Gasteiger partial charge in [0, 0.05) is 5.69 Å². The van der Waals surface area contributed by atoms with Gasteiger partial charge in [-0.1, -0.05) is 37.6 Å². The molecule has 0 saturated heterocycles. The lowest BCUT2D eigenvalue weighted by Gasteiger charge is -2.10. The van der Waals surface area contributed by atoms with E-state index in [1.54, 1.807) is 6.20 Å². The van der Waals surface area contributed by atoms with Gasteiger partial charge in [-0.25, -0.2) is 4.98 Å². The molecule has 0 aliphatic carbocycles. The maximum Gasteiger partial charge on any atom is 0.113 e. The molecule has 2 aromatic rings. The van der Waals surface area contributed by atoms with Crippen LogP contribution in [0.2, 0.25) is 4.34 Å². The minimum atomic E-state index is 0.622. The Kier molecular flexibility index (Phi) is 4.61. The first kappa shape index (κ1) is 13.4. The Bertz CT molecular complexity index is 493. The van der Waals surface area contributed by atoms with Crippen molar-refractivity contribution in [2.75, 3.05) is 5.32 Å². The number of benzene rings is 1. The first-order valence-corrected chi connectivity index (χ1v) is 7.32. The zero-order chi connectivity index (χ0) is 13.0. The zero-order valence-corrected chi connectivity index (χ0v) is 12.2. The van der Waals surface area contributed by atoms with Gasteiger partial charge in [0.2, 0.25) is 0 Å². The molecule has 1 unspecified atom stereocenters. The number of hydrogen-bond acceptors (Lipinski definition) is 3. The van der Waals surface area contributed by atoms with Crippen LogP contribution in [0.1, 0.15) is 36.8 Å². The molecule has 1 atom stereocenters. The highest BCUT2D eigenvalue weighted by Crippen LogP contribution is 2.22. The molecule has 0 spiro atoms. The van der Waals surface area contributed by atoms with Gasteiger partial charge in [-0.2, -0.15) is 0 Å². The third-order valence-corrected chi connectivity index (χ3v) is 4.18. The highest BCUT2D eigenvalue weighted by atomic mass is 35.5. The van der Waals surface area contributed by atoms with E-state index in [1.807, 2.05) is 0 Å². The van der Waals surface area contributed by atoms with E-state index >= 15 is 0 Å². The number of nitrogens with zero attached hydrogens (tertiary/aromatic N) is 1. The lowest BCUT2D eigenvalue weighted by molar-refractivity contribution is 0.734. The molecule has 0 bridgehead atoms. The van der Waals surface area contributed by atoms with Gasteiger partial charge in [0.1, 0.15) is 9.34 Å². The molecule has 4 heteroatoms. The molecular formula is C14H17ClN2S. The lowest BCUT2D eigenvalue weighted by Crippen LogP contribution is -1.99. The van der Waals surface area contributed by atoms with Crippen molar-refractivity contribution in [1.29, 1.82) is 0 Å². The van der Waals surface area contributed by atoms with Crippen molar-refractivity contribution in [2.24, 2.45) is 0 Å². The summed E-state index contributed by atoms with van der Waals surface area (Å²) in [4.78, 5) is 4.21. The normalized spacial score (nSPS) is 12.4. The van der Waals surface area contributed by atoms with Crippen molar-refractivity contribution in [1.82, 2.24) is 4.98 Å². The van der Waals surface area contributed by atoms with Gasteiger partial charge in [0.05, 0.1) is 12.7 Å². The Hall–Kier alpha value is -1.06. The summed E-state index contributed by atoms with van der Waals surface area (Å²) >= 11 is 7.35. The summed E-state index contributed by atoms with van der Waals surface area (Å²) in [6, 6.07) is 8.62. The summed E-state index contributed by atoms with van der Waals surface area (Å²) in [5, 5.41) is 4.35. The van der Waals surface area contributed by atoms with Crippen molar-refractivity contribution >= 4 is 28.6 Å². The minimum Gasteiger partial charge on any atom is -0.379 e. The third-order valence-electron chi connectivity index (χ3n) is 3.06. The van der Waals surface area contributed by atoms with Crippen LogP contribution >= 0.6 is 22.9 Å². The van der Waals surface area contributed by atoms with E-state index in [0.29, 0.717) is 5.92 Å². The summed E-state index contributed by atoms with van der Waals surface area (Å²) < 4.78 is 0.735. The molecule has 2 rings (SSSR count). The van der Waals surface area contributed by atoms with Gasteiger partial charge in [-0.05, 0) is 30.0 Å². The van der Waals surface area contributed by atoms with E-state index in [-0.39, 0.29) is 0 Å². The largest absolute Gasteiger partial charge is 0.379 e. The average Bonchev–Trinajstić information content (AvgIpc) is 2.82. The number of halogens is 1. The van der Waals surface area contributed by atoms with Crippen LogP contribution in [-0.4, -0.2) is 4.98 Å². The molecule has 0 amide bonds. The van der Waals surface area contributed by atoms with Crippen LogP contribution in [-0.2, 0) is 6.54 Å². The molecule has 0 fully saturated rings. The van der Waals surface area contributed by atoms with Gasteiger partial charge in [0.25, 0.3) is 0 Å². The standard InChI is InChI=1S/C14H17ClN2S/c1-3-10(2)11-4-6-12(7-5-11)16-9-14-17-8-13(15)18-14/h4-8,10,16H,3,9H2,1-2H3. The molecular weight excluding hydrogens is 264 g/mol. The van der Waals surface area contributed by atoms with Crippen molar-refractivity contribution in [2.45, 2.75) is 32.7 Å².